The van der Waals surface area contributed by atoms with E-state index in [1.54, 1.807) is 0 Å². The standard InChI is InChI=1S/C18H20N4O/c19-15-8-6-14(7-9-15)17-18(21-11-10-20-17)22-16(12-23)13-4-2-1-3-5-13/h1-10,16,21-23H,11-12,19H2. The van der Waals surface area contributed by atoms with Crippen molar-refractivity contribution in [2.75, 3.05) is 18.9 Å². The van der Waals surface area contributed by atoms with E-state index in [2.05, 4.69) is 15.6 Å². The summed E-state index contributed by atoms with van der Waals surface area (Å²) < 4.78 is 0. The van der Waals surface area contributed by atoms with Crippen LogP contribution in [-0.2, 0) is 0 Å². The second-order valence-electron chi connectivity index (χ2n) is 5.33. The molecule has 1 unspecified atom stereocenters. The largest absolute Gasteiger partial charge is 0.399 e. The summed E-state index contributed by atoms with van der Waals surface area (Å²) >= 11 is 0. The Morgan fingerprint density at radius 1 is 1.13 bits per heavy atom. The Balaban J connectivity index is 1.91. The van der Waals surface area contributed by atoms with Gasteiger partial charge in [-0.3, -0.25) is 4.99 Å². The van der Waals surface area contributed by atoms with Crippen LogP contribution in [0.1, 0.15) is 17.2 Å². The molecule has 0 fully saturated rings. The molecule has 5 N–H and O–H groups in total. The SMILES string of the molecule is Nc1ccc(C2=C(NC(CO)c3ccccc3)NCC=N2)cc1. The van der Waals surface area contributed by atoms with Crippen LogP contribution in [0.25, 0.3) is 5.70 Å². The molecule has 5 nitrogen and oxygen atoms in total. The molecule has 0 saturated heterocycles. The predicted molar refractivity (Wildman–Crippen MR) is 93.7 cm³/mol. The number of nitrogen functional groups attached to an aromatic ring is 1. The van der Waals surface area contributed by atoms with E-state index >= 15 is 0 Å². The van der Waals surface area contributed by atoms with Crippen molar-refractivity contribution in [1.82, 2.24) is 10.6 Å². The molecule has 0 spiro atoms. The first kappa shape index (κ1) is 15.1. The fourth-order valence-electron chi connectivity index (χ4n) is 2.51. The molecule has 0 amide bonds. The average Bonchev–Trinajstić information content (AvgIpc) is 2.61. The van der Waals surface area contributed by atoms with Crippen molar-refractivity contribution in [2.24, 2.45) is 4.99 Å². The van der Waals surface area contributed by atoms with Gasteiger partial charge in [-0.15, -0.1) is 0 Å². The number of rotatable bonds is 5. The van der Waals surface area contributed by atoms with Crippen molar-refractivity contribution in [3.63, 3.8) is 0 Å². The number of nitrogens with one attached hydrogen (secondary N) is 2. The van der Waals surface area contributed by atoms with Crippen molar-refractivity contribution in [2.45, 2.75) is 6.04 Å². The highest BCUT2D eigenvalue weighted by Crippen LogP contribution is 2.23. The summed E-state index contributed by atoms with van der Waals surface area (Å²) in [5, 5.41) is 16.4. The van der Waals surface area contributed by atoms with Crippen LogP contribution in [0.3, 0.4) is 0 Å². The van der Waals surface area contributed by atoms with Gasteiger partial charge in [0.15, 0.2) is 0 Å². The number of anilines is 1. The van der Waals surface area contributed by atoms with Gasteiger partial charge < -0.3 is 21.5 Å². The molecule has 1 aliphatic rings. The maximum atomic E-state index is 9.74. The van der Waals surface area contributed by atoms with Gasteiger partial charge in [0, 0.05) is 17.5 Å². The van der Waals surface area contributed by atoms with E-state index in [9.17, 15) is 5.11 Å². The fraction of sp³-hybridized carbons (Fsp3) is 0.167. The van der Waals surface area contributed by atoms with Crippen molar-refractivity contribution >= 4 is 17.6 Å². The Morgan fingerprint density at radius 3 is 2.57 bits per heavy atom. The Bertz CT molecular complexity index is 708. The summed E-state index contributed by atoms with van der Waals surface area (Å²) in [6.45, 7) is 0.641. The van der Waals surface area contributed by atoms with Gasteiger partial charge in [-0.2, -0.15) is 0 Å². The first-order valence-corrected chi connectivity index (χ1v) is 7.57. The zero-order valence-electron chi connectivity index (χ0n) is 12.7. The molecule has 1 atom stereocenters. The summed E-state index contributed by atoms with van der Waals surface area (Å²) in [6.07, 6.45) is 1.83. The van der Waals surface area contributed by atoms with Gasteiger partial charge in [0.2, 0.25) is 0 Å². The molecule has 2 aromatic rings. The average molecular weight is 308 g/mol. The van der Waals surface area contributed by atoms with E-state index in [-0.39, 0.29) is 12.6 Å². The third-order valence-corrected chi connectivity index (χ3v) is 3.71. The van der Waals surface area contributed by atoms with Gasteiger partial charge in [0.05, 0.1) is 19.2 Å². The van der Waals surface area contributed by atoms with Crippen LogP contribution in [0.15, 0.2) is 65.4 Å². The number of benzene rings is 2. The molecule has 5 heteroatoms. The summed E-state index contributed by atoms with van der Waals surface area (Å²) in [6, 6.07) is 17.2. The van der Waals surface area contributed by atoms with Gasteiger partial charge in [0.1, 0.15) is 11.5 Å². The number of aliphatic hydroxyl groups is 1. The van der Waals surface area contributed by atoms with Crippen LogP contribution in [0.2, 0.25) is 0 Å². The minimum Gasteiger partial charge on any atom is -0.399 e. The summed E-state index contributed by atoms with van der Waals surface area (Å²) in [5.74, 6) is 0.806. The van der Waals surface area contributed by atoms with Crippen LogP contribution in [-0.4, -0.2) is 24.5 Å². The van der Waals surface area contributed by atoms with E-state index in [4.69, 9.17) is 5.73 Å². The second-order valence-corrected chi connectivity index (χ2v) is 5.33. The lowest BCUT2D eigenvalue weighted by atomic mass is 10.1. The van der Waals surface area contributed by atoms with Crippen LogP contribution in [0, 0.1) is 0 Å². The number of nitrogens with zero attached hydrogens (tertiary/aromatic N) is 1. The molecule has 0 aliphatic carbocycles. The number of hydrogen-bond acceptors (Lipinski definition) is 5. The maximum absolute atomic E-state index is 9.74. The zero-order chi connectivity index (χ0) is 16.1. The minimum absolute atomic E-state index is 0.00603. The van der Waals surface area contributed by atoms with Crippen LogP contribution in [0.5, 0.6) is 0 Å². The highest BCUT2D eigenvalue weighted by Gasteiger charge is 2.16. The first-order valence-electron chi connectivity index (χ1n) is 7.57. The Morgan fingerprint density at radius 2 is 1.87 bits per heavy atom. The van der Waals surface area contributed by atoms with Crippen molar-refractivity contribution < 1.29 is 5.11 Å². The fourth-order valence-corrected chi connectivity index (χ4v) is 2.51. The molecule has 0 aromatic heterocycles. The normalized spacial score (nSPS) is 15.2. The van der Waals surface area contributed by atoms with Crippen LogP contribution < -0.4 is 16.4 Å². The van der Waals surface area contributed by atoms with E-state index in [1.165, 1.54) is 0 Å². The molecule has 1 heterocycles. The van der Waals surface area contributed by atoms with Crippen LogP contribution in [0.4, 0.5) is 5.69 Å². The van der Waals surface area contributed by atoms with Gasteiger partial charge in [0.25, 0.3) is 0 Å². The number of aliphatic imine (C=N–C) groups is 1. The number of hydrogen-bond donors (Lipinski definition) is 4. The van der Waals surface area contributed by atoms with Gasteiger partial charge >= 0.3 is 0 Å². The van der Waals surface area contributed by atoms with E-state index in [0.717, 1.165) is 22.6 Å². The quantitative estimate of drug-likeness (QED) is 0.636. The second kappa shape index (κ2) is 6.98. The topological polar surface area (TPSA) is 82.7 Å². The lowest BCUT2D eigenvalue weighted by Crippen LogP contribution is -2.35. The molecular weight excluding hydrogens is 288 g/mol. The Kier molecular flexibility index (Phi) is 4.59. The third-order valence-electron chi connectivity index (χ3n) is 3.71. The first-order chi connectivity index (χ1) is 11.3. The molecule has 1 aliphatic heterocycles. The summed E-state index contributed by atoms with van der Waals surface area (Å²) in [7, 11) is 0. The van der Waals surface area contributed by atoms with Crippen LogP contribution >= 0.6 is 0 Å². The van der Waals surface area contributed by atoms with Crippen molar-refractivity contribution in [1.29, 1.82) is 0 Å². The monoisotopic (exact) mass is 308 g/mol. The molecule has 3 rings (SSSR count). The van der Waals surface area contributed by atoms with E-state index in [0.29, 0.717) is 12.2 Å². The molecule has 0 bridgehead atoms. The Labute approximate surface area is 135 Å². The number of nitrogens with two attached hydrogens (primary N) is 1. The zero-order valence-corrected chi connectivity index (χ0v) is 12.7. The molecule has 118 valence electrons. The maximum Gasteiger partial charge on any atom is 0.127 e. The molecule has 23 heavy (non-hydrogen) atoms. The van der Waals surface area contributed by atoms with Gasteiger partial charge in [-0.05, 0) is 17.7 Å². The molecule has 2 aromatic carbocycles. The lowest BCUT2D eigenvalue weighted by Gasteiger charge is -2.24. The van der Waals surface area contributed by atoms with E-state index < -0.39 is 0 Å². The minimum atomic E-state index is -0.198. The van der Waals surface area contributed by atoms with Gasteiger partial charge in [-0.1, -0.05) is 42.5 Å². The lowest BCUT2D eigenvalue weighted by molar-refractivity contribution is 0.250. The number of aliphatic hydroxyl groups excluding tert-OH is 1. The predicted octanol–water partition coefficient (Wildman–Crippen LogP) is 1.89. The van der Waals surface area contributed by atoms with E-state index in [1.807, 2.05) is 60.8 Å². The highest BCUT2D eigenvalue weighted by molar-refractivity contribution is 5.79. The summed E-state index contributed by atoms with van der Waals surface area (Å²) in [5.41, 5.74) is 9.27. The highest BCUT2D eigenvalue weighted by atomic mass is 16.3. The molecular formula is C18H20N4O. The van der Waals surface area contributed by atoms with Gasteiger partial charge in [-0.25, -0.2) is 0 Å². The molecule has 0 saturated carbocycles. The van der Waals surface area contributed by atoms with Crippen molar-refractivity contribution in [3.8, 4) is 0 Å². The smallest absolute Gasteiger partial charge is 0.127 e. The van der Waals surface area contributed by atoms with Crippen molar-refractivity contribution in [3.05, 3.63) is 71.5 Å². The third kappa shape index (κ3) is 3.52. The summed E-state index contributed by atoms with van der Waals surface area (Å²) in [4.78, 5) is 4.50. The Hall–Kier alpha value is -2.79. The molecule has 0 radical (unpaired) electrons.